The first kappa shape index (κ1) is 46.6. The molecule has 0 rings (SSSR count). The van der Waals surface area contributed by atoms with Crippen molar-refractivity contribution >= 4 is 29.5 Å². The van der Waals surface area contributed by atoms with Crippen molar-refractivity contribution in [3.63, 3.8) is 0 Å². The number of carbonyl (C=O) groups is 3. The highest BCUT2D eigenvalue weighted by Gasteiger charge is 2.34. The summed E-state index contributed by atoms with van der Waals surface area (Å²) in [6.07, 6.45) is 31.6. The van der Waals surface area contributed by atoms with E-state index in [1.54, 1.807) is 31.7 Å². The molecule has 0 saturated heterocycles. The maximum atomic E-state index is 12.3. The second-order valence-corrected chi connectivity index (χ2v) is 11.0. The minimum Gasteiger partial charge on any atom is -0.465 e. The van der Waals surface area contributed by atoms with Gasteiger partial charge in [0.25, 0.3) is 0 Å². The summed E-state index contributed by atoms with van der Waals surface area (Å²) in [7, 11) is 0. The molecule has 0 aliphatic carbocycles. The molecule has 45 heavy (non-hydrogen) atoms. The molecule has 0 aliphatic rings. The zero-order valence-electron chi connectivity index (χ0n) is 29.5. The van der Waals surface area contributed by atoms with Crippen LogP contribution in [0.15, 0.2) is 72.9 Å². The van der Waals surface area contributed by atoms with Crippen molar-refractivity contribution in [2.24, 2.45) is 5.41 Å². The first-order valence-electron chi connectivity index (χ1n) is 16.5. The van der Waals surface area contributed by atoms with Crippen LogP contribution in [-0.4, -0.2) is 60.7 Å². The van der Waals surface area contributed by atoms with Gasteiger partial charge in [0.2, 0.25) is 11.8 Å². The Labute approximate surface area is 279 Å². The number of aliphatic hydroxyl groups is 1. The molecule has 0 spiro atoms. The average Bonchev–Trinajstić information content (AvgIpc) is 3.04. The van der Waals surface area contributed by atoms with Crippen LogP contribution in [0.25, 0.3) is 0 Å². The molecule has 0 fully saturated rings. The molecule has 2 amide bonds. The van der Waals surface area contributed by atoms with Crippen molar-refractivity contribution < 1.29 is 24.2 Å². The van der Waals surface area contributed by atoms with E-state index in [1.807, 2.05) is 46.1 Å². The highest BCUT2D eigenvalue weighted by atomic mass is 32.2. The van der Waals surface area contributed by atoms with Crippen molar-refractivity contribution in [2.75, 3.05) is 31.7 Å². The number of hydrogen-bond acceptors (Lipinski definition) is 6. The molecule has 0 radical (unpaired) electrons. The second-order valence-electron chi connectivity index (χ2n) is 10.1. The van der Waals surface area contributed by atoms with Crippen molar-refractivity contribution in [2.45, 2.75) is 106 Å². The minimum atomic E-state index is -1.37. The van der Waals surface area contributed by atoms with Crippen LogP contribution in [0, 0.1) is 5.41 Å². The van der Waals surface area contributed by atoms with E-state index in [2.05, 4.69) is 72.2 Å². The lowest BCUT2D eigenvalue weighted by atomic mass is 9.87. The van der Waals surface area contributed by atoms with E-state index < -0.39 is 23.4 Å². The van der Waals surface area contributed by atoms with Crippen LogP contribution in [-0.2, 0) is 19.1 Å². The van der Waals surface area contributed by atoms with E-state index in [0.717, 1.165) is 44.3 Å². The zero-order chi connectivity index (χ0) is 34.6. The summed E-state index contributed by atoms with van der Waals surface area (Å²) in [5.41, 5.74) is -0.973. The van der Waals surface area contributed by atoms with E-state index in [1.165, 1.54) is 0 Å². The molecule has 8 heteroatoms. The predicted molar refractivity (Wildman–Crippen MR) is 195 cm³/mol. The maximum absolute atomic E-state index is 12.3. The molecule has 0 aromatic carbocycles. The normalized spacial score (nSPS) is 12.5. The van der Waals surface area contributed by atoms with Gasteiger partial charge in [-0.05, 0) is 44.8 Å². The molecule has 0 aromatic heterocycles. The molecule has 0 aliphatic heterocycles. The lowest BCUT2D eigenvalue weighted by Gasteiger charge is -2.28. The molecule has 0 heterocycles. The molecule has 0 bridgehead atoms. The molecular weight excluding hydrogens is 584 g/mol. The van der Waals surface area contributed by atoms with Gasteiger partial charge < -0.3 is 20.5 Å². The summed E-state index contributed by atoms with van der Waals surface area (Å²) >= 11 is 1.63. The van der Waals surface area contributed by atoms with E-state index >= 15 is 0 Å². The van der Waals surface area contributed by atoms with Crippen molar-refractivity contribution in [1.29, 1.82) is 0 Å². The molecule has 258 valence electrons. The number of thioether (sulfide) groups is 1. The summed E-state index contributed by atoms with van der Waals surface area (Å²) in [5.74, 6) is -0.354. The van der Waals surface area contributed by atoms with Crippen LogP contribution in [0.2, 0.25) is 0 Å². The lowest BCUT2D eigenvalue weighted by molar-refractivity contribution is -0.152. The van der Waals surface area contributed by atoms with Gasteiger partial charge in [-0.1, -0.05) is 121 Å². The average molecular weight is 649 g/mol. The molecular formula is C37H64N2O5S. The number of hydrogen-bond donors (Lipinski definition) is 3. The van der Waals surface area contributed by atoms with E-state index in [9.17, 15) is 19.5 Å². The molecule has 0 saturated carbocycles. The van der Waals surface area contributed by atoms with Gasteiger partial charge in [-0.3, -0.25) is 14.4 Å². The van der Waals surface area contributed by atoms with Gasteiger partial charge in [0.1, 0.15) is 6.10 Å². The van der Waals surface area contributed by atoms with Crippen molar-refractivity contribution in [3.8, 4) is 0 Å². The van der Waals surface area contributed by atoms with Gasteiger partial charge in [0.15, 0.2) is 0 Å². The van der Waals surface area contributed by atoms with E-state index in [-0.39, 0.29) is 31.9 Å². The Morgan fingerprint density at radius 2 is 1.18 bits per heavy atom. The SMILES string of the molecule is CC.CC.CC/C=C\C/C=C\C/C=C\C/C=C\C/C=C\C/C=C\CC(=O)OCC(C)(C)[C@@H](O)C(=O)NCCC(=O)NCCSC. The number of esters is 1. The Kier molecular flexibility index (Phi) is 36.9. The van der Waals surface area contributed by atoms with E-state index in [4.69, 9.17) is 4.74 Å². The van der Waals surface area contributed by atoms with Crippen molar-refractivity contribution in [3.05, 3.63) is 72.9 Å². The van der Waals surface area contributed by atoms with Gasteiger partial charge in [0, 0.05) is 30.7 Å². The second kappa shape index (κ2) is 35.6. The van der Waals surface area contributed by atoms with Gasteiger partial charge in [-0.25, -0.2) is 0 Å². The molecule has 3 N–H and O–H groups in total. The van der Waals surface area contributed by atoms with Gasteiger partial charge >= 0.3 is 5.97 Å². The number of allylic oxidation sites excluding steroid dienone is 11. The van der Waals surface area contributed by atoms with Crippen LogP contribution in [0.5, 0.6) is 0 Å². The minimum absolute atomic E-state index is 0.0990. The molecule has 1 atom stereocenters. The summed E-state index contributed by atoms with van der Waals surface area (Å²) in [6.45, 7) is 14.0. The van der Waals surface area contributed by atoms with Crippen LogP contribution >= 0.6 is 11.8 Å². The van der Waals surface area contributed by atoms with Gasteiger partial charge in [0.05, 0.1) is 13.0 Å². The fraction of sp³-hybridized carbons (Fsp3) is 0.595. The monoisotopic (exact) mass is 648 g/mol. The number of amides is 2. The Morgan fingerprint density at radius 1 is 0.733 bits per heavy atom. The smallest absolute Gasteiger partial charge is 0.309 e. The first-order chi connectivity index (χ1) is 21.7. The number of ether oxygens (including phenoxy) is 1. The number of nitrogens with one attached hydrogen (secondary N) is 2. The summed E-state index contributed by atoms with van der Waals surface area (Å²) < 4.78 is 5.27. The number of rotatable bonds is 23. The highest BCUT2D eigenvalue weighted by Crippen LogP contribution is 2.21. The van der Waals surface area contributed by atoms with E-state index in [0.29, 0.717) is 6.54 Å². The quantitative estimate of drug-likeness (QED) is 0.0589. The largest absolute Gasteiger partial charge is 0.465 e. The fourth-order valence-corrected chi connectivity index (χ4v) is 3.54. The summed E-state index contributed by atoms with van der Waals surface area (Å²) in [6, 6.07) is 0. The Morgan fingerprint density at radius 3 is 1.62 bits per heavy atom. The number of aliphatic hydroxyl groups excluding tert-OH is 1. The fourth-order valence-electron chi connectivity index (χ4n) is 3.24. The summed E-state index contributed by atoms with van der Waals surface area (Å²) in [4.78, 5) is 36.0. The highest BCUT2D eigenvalue weighted by molar-refractivity contribution is 7.98. The summed E-state index contributed by atoms with van der Waals surface area (Å²) in [5, 5.41) is 15.7. The number of carbonyl (C=O) groups excluding carboxylic acids is 3. The zero-order valence-corrected chi connectivity index (χ0v) is 30.3. The Balaban J connectivity index is -0.00000422. The van der Waals surface area contributed by atoms with Gasteiger partial charge in [-0.2, -0.15) is 11.8 Å². The van der Waals surface area contributed by atoms with Crippen LogP contribution in [0.3, 0.4) is 0 Å². The molecule has 0 unspecified atom stereocenters. The van der Waals surface area contributed by atoms with Crippen LogP contribution < -0.4 is 10.6 Å². The first-order valence-corrected chi connectivity index (χ1v) is 17.9. The van der Waals surface area contributed by atoms with Crippen LogP contribution in [0.4, 0.5) is 0 Å². The predicted octanol–water partition coefficient (Wildman–Crippen LogP) is 8.04. The third-order valence-corrected chi connectivity index (χ3v) is 6.37. The lowest BCUT2D eigenvalue weighted by Crippen LogP contribution is -2.47. The third kappa shape index (κ3) is 32.4. The molecule has 7 nitrogen and oxygen atoms in total. The topological polar surface area (TPSA) is 105 Å². The van der Waals surface area contributed by atoms with Crippen LogP contribution in [0.1, 0.15) is 99.8 Å². The Bertz CT molecular complexity index is 904. The van der Waals surface area contributed by atoms with Crippen molar-refractivity contribution in [1.82, 2.24) is 10.6 Å². The Hall–Kier alpha value is -2.84. The standard InChI is InChI=1S/C33H52N2O5S.2C2H6/c1-5-6-7-8-9-10-11-12-13-14-15-16-17-18-19-20-21-22-23-30(37)40-28-33(2,3)31(38)32(39)35-25-24-29(36)34-26-27-41-4;2*1-2/h6-7,9-10,12-13,15-16,18-19,21-22,31,38H,5,8,11,14,17,20,23-28H2,1-4H3,(H,34,36)(H,35,39);2*1-2H3/b7-6-,10-9-,13-12-,16-15-,19-18-,22-21-;;/t31-;;/m0../s1. The van der Waals surface area contributed by atoms with Gasteiger partial charge in [-0.15, -0.1) is 0 Å². The molecule has 0 aromatic rings. The third-order valence-electron chi connectivity index (χ3n) is 5.75. The maximum Gasteiger partial charge on any atom is 0.309 e.